The Bertz CT molecular complexity index is 467. The maximum atomic E-state index is 12.7. The summed E-state index contributed by atoms with van der Waals surface area (Å²) >= 11 is 0. The number of halogens is 3. The van der Waals surface area contributed by atoms with Crippen molar-refractivity contribution in [2.45, 2.75) is 13.1 Å². The van der Waals surface area contributed by atoms with Crippen molar-refractivity contribution < 1.29 is 22.7 Å². The van der Waals surface area contributed by atoms with Crippen LogP contribution in [-0.2, 0) is 11.0 Å². The number of hydrogen-bond donors (Lipinski definition) is 1. The van der Waals surface area contributed by atoms with Gasteiger partial charge in [-0.2, -0.15) is 13.2 Å². The molecule has 0 fully saturated rings. The van der Waals surface area contributed by atoms with Crippen LogP contribution in [0.15, 0.2) is 30.4 Å². The van der Waals surface area contributed by atoms with Crippen molar-refractivity contribution in [3.05, 3.63) is 35.9 Å². The molecule has 0 aromatic heterocycles. The summed E-state index contributed by atoms with van der Waals surface area (Å²) in [5, 5.41) is 0. The lowest BCUT2D eigenvalue weighted by molar-refractivity contribution is -0.139. The maximum absolute atomic E-state index is 12.7. The predicted molar refractivity (Wildman–Crippen MR) is 61.2 cm³/mol. The first-order valence-corrected chi connectivity index (χ1v) is 5.09. The zero-order valence-electron chi connectivity index (χ0n) is 9.62. The fourth-order valence-electron chi connectivity index (χ4n) is 1.28. The zero-order chi connectivity index (χ0) is 13.8. The fraction of sp³-hybridized carbons (Fsp3) is 0.250. The molecule has 1 aromatic carbocycles. The van der Waals surface area contributed by atoms with E-state index in [4.69, 9.17) is 10.5 Å². The van der Waals surface area contributed by atoms with E-state index < -0.39 is 29.9 Å². The van der Waals surface area contributed by atoms with Crippen molar-refractivity contribution in [1.29, 1.82) is 0 Å². The quantitative estimate of drug-likeness (QED) is 0.668. The van der Waals surface area contributed by atoms with Gasteiger partial charge in [0, 0.05) is 5.69 Å². The number of anilines is 1. The Balaban J connectivity index is 2.92. The van der Waals surface area contributed by atoms with Crippen molar-refractivity contribution >= 4 is 11.5 Å². The molecule has 0 bridgehead atoms. The van der Waals surface area contributed by atoms with Gasteiger partial charge in [0.05, 0.1) is 5.56 Å². The monoisotopic (exact) mass is 259 g/mol. The van der Waals surface area contributed by atoms with Crippen LogP contribution in [0, 0.1) is 0 Å². The van der Waals surface area contributed by atoms with E-state index in [2.05, 4.69) is 0 Å². The Hall–Kier alpha value is -1.98. The molecule has 1 rings (SSSR count). The molecule has 2 N–H and O–H groups in total. The number of nitrogen functional groups attached to an aromatic ring is 1. The van der Waals surface area contributed by atoms with Gasteiger partial charge in [-0.05, 0) is 31.2 Å². The van der Waals surface area contributed by atoms with Gasteiger partial charge in [0.15, 0.2) is 12.4 Å². The molecule has 0 saturated heterocycles. The first-order valence-electron chi connectivity index (χ1n) is 5.09. The number of ketones is 1. The Morgan fingerprint density at radius 2 is 2.11 bits per heavy atom. The summed E-state index contributed by atoms with van der Waals surface area (Å²) in [5.74, 6) is -0.822. The molecule has 0 unspecified atom stereocenters. The topological polar surface area (TPSA) is 52.3 Å². The molecule has 3 nitrogen and oxygen atoms in total. The second-order valence-corrected chi connectivity index (χ2v) is 3.51. The van der Waals surface area contributed by atoms with Crippen molar-refractivity contribution in [3.63, 3.8) is 0 Å². The molecule has 18 heavy (non-hydrogen) atoms. The van der Waals surface area contributed by atoms with Crippen molar-refractivity contribution in [3.8, 4) is 5.75 Å². The predicted octanol–water partition coefficient (Wildman–Crippen LogP) is 2.81. The lowest BCUT2D eigenvalue weighted by Crippen LogP contribution is -2.13. The van der Waals surface area contributed by atoms with E-state index in [1.807, 2.05) is 0 Å². The third-order valence-electron chi connectivity index (χ3n) is 2.03. The minimum absolute atomic E-state index is 0.0190. The Morgan fingerprint density at radius 1 is 1.44 bits per heavy atom. The average molecular weight is 259 g/mol. The Kier molecular flexibility index (Phi) is 4.36. The number of nitrogens with two attached hydrogens (primary N) is 1. The van der Waals surface area contributed by atoms with E-state index in [-0.39, 0.29) is 5.69 Å². The second kappa shape index (κ2) is 5.57. The third-order valence-corrected chi connectivity index (χ3v) is 2.03. The molecule has 0 atom stereocenters. The highest BCUT2D eigenvalue weighted by Crippen LogP contribution is 2.37. The summed E-state index contributed by atoms with van der Waals surface area (Å²) in [7, 11) is 0. The first-order chi connectivity index (χ1) is 8.34. The molecule has 6 heteroatoms. The average Bonchev–Trinajstić information content (AvgIpc) is 2.26. The molecular formula is C12H12F3NO2. The standard InChI is InChI=1S/C12H12F3NO2/c1-2-3-9(17)7-18-11-5-4-8(16)6-10(11)12(13,14)15/h2-6H,7,16H2,1H3. The summed E-state index contributed by atoms with van der Waals surface area (Å²) in [6, 6.07) is 3.15. The lowest BCUT2D eigenvalue weighted by atomic mass is 10.1. The van der Waals surface area contributed by atoms with Crippen molar-refractivity contribution in [2.75, 3.05) is 12.3 Å². The van der Waals surface area contributed by atoms with Crippen LogP contribution in [0.4, 0.5) is 18.9 Å². The number of rotatable bonds is 4. The zero-order valence-corrected chi connectivity index (χ0v) is 9.62. The number of allylic oxidation sites excluding steroid dienone is 1. The largest absolute Gasteiger partial charge is 0.485 e. The lowest BCUT2D eigenvalue weighted by Gasteiger charge is -2.13. The Morgan fingerprint density at radius 3 is 2.67 bits per heavy atom. The van der Waals surface area contributed by atoms with Gasteiger partial charge in [-0.3, -0.25) is 4.79 Å². The third kappa shape index (κ3) is 3.80. The normalized spacial score (nSPS) is 11.8. The van der Waals surface area contributed by atoms with Gasteiger partial charge < -0.3 is 10.5 Å². The van der Waals surface area contributed by atoms with E-state index in [0.29, 0.717) is 0 Å². The van der Waals surface area contributed by atoms with Crippen molar-refractivity contribution in [2.24, 2.45) is 0 Å². The van der Waals surface area contributed by atoms with E-state index >= 15 is 0 Å². The highest BCUT2D eigenvalue weighted by Gasteiger charge is 2.34. The number of alkyl halides is 3. The number of ether oxygens (including phenoxy) is 1. The highest BCUT2D eigenvalue weighted by atomic mass is 19.4. The molecule has 0 aliphatic rings. The minimum Gasteiger partial charge on any atom is -0.485 e. The summed E-state index contributed by atoms with van der Waals surface area (Å²) in [6.45, 7) is 1.18. The van der Waals surface area contributed by atoms with Crippen LogP contribution in [0.5, 0.6) is 5.75 Å². The molecule has 0 radical (unpaired) electrons. The highest BCUT2D eigenvalue weighted by molar-refractivity contribution is 5.90. The Labute approximate surface area is 102 Å². The molecule has 0 heterocycles. The van der Waals surface area contributed by atoms with E-state index in [0.717, 1.165) is 12.1 Å². The number of benzene rings is 1. The molecule has 0 aliphatic heterocycles. The van der Waals surface area contributed by atoms with Crippen molar-refractivity contribution in [1.82, 2.24) is 0 Å². The van der Waals surface area contributed by atoms with Gasteiger partial charge in [0.25, 0.3) is 0 Å². The summed E-state index contributed by atoms with van der Waals surface area (Å²) in [5.41, 5.74) is 4.29. The van der Waals surface area contributed by atoms with Crippen LogP contribution in [0.25, 0.3) is 0 Å². The van der Waals surface area contributed by atoms with Crippen LogP contribution in [0.3, 0.4) is 0 Å². The van der Waals surface area contributed by atoms with Crippen LogP contribution in [0.2, 0.25) is 0 Å². The van der Waals surface area contributed by atoms with Crippen LogP contribution >= 0.6 is 0 Å². The second-order valence-electron chi connectivity index (χ2n) is 3.51. The van der Waals surface area contributed by atoms with Gasteiger partial charge in [0.2, 0.25) is 0 Å². The van der Waals surface area contributed by atoms with Gasteiger partial charge in [-0.25, -0.2) is 0 Å². The van der Waals surface area contributed by atoms with Crippen LogP contribution in [-0.4, -0.2) is 12.4 Å². The van der Waals surface area contributed by atoms with Crippen LogP contribution in [0.1, 0.15) is 12.5 Å². The molecule has 0 aliphatic carbocycles. The fourth-order valence-corrected chi connectivity index (χ4v) is 1.28. The summed E-state index contributed by atoms with van der Waals surface area (Å²) in [6.07, 6.45) is -1.86. The summed E-state index contributed by atoms with van der Waals surface area (Å²) in [4.78, 5) is 11.1. The first kappa shape index (κ1) is 14.1. The smallest absolute Gasteiger partial charge is 0.420 e. The van der Waals surface area contributed by atoms with Crippen LogP contribution < -0.4 is 10.5 Å². The molecule has 0 spiro atoms. The van der Waals surface area contributed by atoms with Gasteiger partial charge in [0.1, 0.15) is 5.75 Å². The number of carbonyl (C=O) groups excluding carboxylic acids is 1. The minimum atomic E-state index is -4.58. The molecule has 0 amide bonds. The van der Waals surface area contributed by atoms with Gasteiger partial charge >= 0.3 is 6.18 Å². The molecule has 98 valence electrons. The SMILES string of the molecule is CC=CC(=O)COc1ccc(N)cc1C(F)(F)F. The van der Waals surface area contributed by atoms with E-state index in [1.54, 1.807) is 6.92 Å². The number of carbonyl (C=O) groups is 1. The van der Waals surface area contributed by atoms with E-state index in [1.165, 1.54) is 18.2 Å². The number of hydrogen-bond acceptors (Lipinski definition) is 3. The molecular weight excluding hydrogens is 247 g/mol. The maximum Gasteiger partial charge on any atom is 0.420 e. The van der Waals surface area contributed by atoms with Gasteiger partial charge in [-0.15, -0.1) is 0 Å². The molecule has 0 saturated carbocycles. The summed E-state index contributed by atoms with van der Waals surface area (Å²) < 4.78 is 42.9. The van der Waals surface area contributed by atoms with E-state index in [9.17, 15) is 18.0 Å². The molecule has 1 aromatic rings. The van der Waals surface area contributed by atoms with Gasteiger partial charge in [-0.1, -0.05) is 6.08 Å².